The number of halogens is 4. The molecule has 0 saturated heterocycles. The molecule has 0 spiro atoms. The van der Waals surface area contributed by atoms with E-state index in [-0.39, 0.29) is 11.6 Å². The minimum absolute atomic E-state index is 0.308. The first-order chi connectivity index (χ1) is 15.8. The number of ether oxygens (including phenoxy) is 1. The lowest BCUT2D eigenvalue weighted by Crippen LogP contribution is -2.26. The molecule has 2 aromatic rings. The van der Waals surface area contributed by atoms with Gasteiger partial charge in [-0.2, -0.15) is 0 Å². The van der Waals surface area contributed by atoms with Crippen molar-refractivity contribution < 1.29 is 22.3 Å². The summed E-state index contributed by atoms with van der Waals surface area (Å²) in [5.74, 6) is 7.11. The topological polar surface area (TPSA) is 9.23 Å². The van der Waals surface area contributed by atoms with Gasteiger partial charge in [0.15, 0.2) is 0 Å². The Morgan fingerprint density at radius 1 is 0.909 bits per heavy atom. The smallest absolute Gasteiger partial charge is 0.406 e. The number of benzene rings is 2. The van der Waals surface area contributed by atoms with E-state index >= 15 is 0 Å². The van der Waals surface area contributed by atoms with Crippen molar-refractivity contribution in [3.8, 4) is 17.6 Å². The van der Waals surface area contributed by atoms with Crippen LogP contribution in [0.3, 0.4) is 0 Å². The standard InChI is InChI=1S/C28H28F4O/c1-2-3-19-4-9-21(10-5-19)22-12-13-23-16-24(27(29)18-25(23)17-22)11-6-20-7-14-26(15-8-20)33-28(30,31)32/h2-3,7-8,14-16,18-19,21-22H,4-5,9-10,12-13,17H2,1H3/b3-2+. The summed E-state index contributed by atoms with van der Waals surface area (Å²) in [6.45, 7) is 2.08. The predicted octanol–water partition coefficient (Wildman–Crippen LogP) is 7.61. The Morgan fingerprint density at radius 3 is 2.30 bits per heavy atom. The van der Waals surface area contributed by atoms with Crippen molar-refractivity contribution in [1.29, 1.82) is 0 Å². The molecule has 0 aliphatic heterocycles. The van der Waals surface area contributed by atoms with E-state index in [1.165, 1.54) is 49.9 Å². The molecule has 1 unspecified atom stereocenters. The molecule has 0 heterocycles. The van der Waals surface area contributed by atoms with Gasteiger partial charge >= 0.3 is 6.36 Å². The van der Waals surface area contributed by atoms with Gasteiger partial charge in [0, 0.05) is 5.56 Å². The zero-order valence-electron chi connectivity index (χ0n) is 18.7. The fourth-order valence-electron chi connectivity index (χ4n) is 5.27. The molecular weight excluding hydrogens is 428 g/mol. The van der Waals surface area contributed by atoms with E-state index in [9.17, 15) is 17.6 Å². The molecule has 2 aromatic carbocycles. The second-order valence-electron chi connectivity index (χ2n) is 9.13. The first-order valence-corrected chi connectivity index (χ1v) is 11.6. The highest BCUT2D eigenvalue weighted by Gasteiger charge is 2.31. The van der Waals surface area contributed by atoms with Crippen molar-refractivity contribution >= 4 is 0 Å². The van der Waals surface area contributed by atoms with Crippen LogP contribution in [0.25, 0.3) is 0 Å². The molecular formula is C28H28F4O. The van der Waals surface area contributed by atoms with Gasteiger partial charge in [-0.3, -0.25) is 0 Å². The van der Waals surface area contributed by atoms with Crippen LogP contribution in [-0.4, -0.2) is 6.36 Å². The van der Waals surface area contributed by atoms with Gasteiger partial charge in [0.05, 0.1) is 5.56 Å². The highest BCUT2D eigenvalue weighted by atomic mass is 19.4. The largest absolute Gasteiger partial charge is 0.573 e. The summed E-state index contributed by atoms with van der Waals surface area (Å²) in [6, 6.07) is 8.74. The fourth-order valence-corrected chi connectivity index (χ4v) is 5.27. The van der Waals surface area contributed by atoms with Gasteiger partial charge in [0.25, 0.3) is 0 Å². The molecule has 1 saturated carbocycles. The van der Waals surface area contributed by atoms with Gasteiger partial charge in [0.1, 0.15) is 11.6 Å². The quantitative estimate of drug-likeness (QED) is 0.262. The van der Waals surface area contributed by atoms with Crippen molar-refractivity contribution in [3.63, 3.8) is 0 Å². The van der Waals surface area contributed by atoms with Crippen molar-refractivity contribution in [3.05, 3.63) is 76.6 Å². The SMILES string of the molecule is C/C=C/C1CCC(C2CCc3cc(C#Cc4ccc(OC(F)(F)F)cc4)c(F)cc3C2)CC1. The van der Waals surface area contributed by atoms with Crippen LogP contribution in [0, 0.1) is 35.4 Å². The zero-order valence-corrected chi connectivity index (χ0v) is 18.7. The molecule has 4 rings (SSSR count). The first-order valence-electron chi connectivity index (χ1n) is 11.6. The predicted molar refractivity (Wildman–Crippen MR) is 121 cm³/mol. The molecule has 2 aliphatic rings. The van der Waals surface area contributed by atoms with Gasteiger partial charge in [-0.1, -0.05) is 24.0 Å². The molecule has 1 nitrogen and oxygen atoms in total. The molecule has 33 heavy (non-hydrogen) atoms. The maximum atomic E-state index is 14.8. The average molecular weight is 457 g/mol. The van der Waals surface area contributed by atoms with Crippen LogP contribution in [0.1, 0.15) is 61.3 Å². The summed E-state index contributed by atoms with van der Waals surface area (Å²) >= 11 is 0. The highest BCUT2D eigenvalue weighted by Crippen LogP contribution is 2.40. The van der Waals surface area contributed by atoms with Gasteiger partial charge in [-0.25, -0.2) is 4.39 Å². The van der Waals surface area contributed by atoms with Crippen LogP contribution in [0.2, 0.25) is 0 Å². The van der Waals surface area contributed by atoms with Crippen LogP contribution < -0.4 is 4.74 Å². The molecule has 0 radical (unpaired) electrons. The molecule has 0 aromatic heterocycles. The minimum Gasteiger partial charge on any atom is -0.406 e. The Balaban J connectivity index is 1.42. The maximum Gasteiger partial charge on any atom is 0.573 e. The second kappa shape index (κ2) is 10.0. The highest BCUT2D eigenvalue weighted by molar-refractivity contribution is 5.48. The van der Waals surface area contributed by atoms with E-state index in [2.05, 4.69) is 35.7 Å². The van der Waals surface area contributed by atoms with E-state index in [1.54, 1.807) is 6.07 Å². The van der Waals surface area contributed by atoms with Crippen LogP contribution in [0.5, 0.6) is 5.75 Å². The molecule has 174 valence electrons. The van der Waals surface area contributed by atoms with E-state index in [4.69, 9.17) is 0 Å². The second-order valence-corrected chi connectivity index (χ2v) is 9.13. The summed E-state index contributed by atoms with van der Waals surface area (Å²) < 4.78 is 55.5. The van der Waals surface area contributed by atoms with Crippen LogP contribution in [0.4, 0.5) is 17.6 Å². The summed E-state index contributed by atoms with van der Waals surface area (Å²) in [7, 11) is 0. The lowest BCUT2D eigenvalue weighted by atomic mass is 9.69. The molecule has 0 N–H and O–H groups in total. The van der Waals surface area contributed by atoms with Gasteiger partial charge in [-0.15, -0.1) is 13.2 Å². The fraction of sp³-hybridized carbons (Fsp3) is 0.429. The Hall–Kier alpha value is -2.74. The molecule has 0 bridgehead atoms. The van der Waals surface area contributed by atoms with Crippen molar-refractivity contribution in [2.24, 2.45) is 17.8 Å². The number of rotatable bonds is 3. The number of hydrogen-bond donors (Lipinski definition) is 0. The molecule has 1 fully saturated rings. The van der Waals surface area contributed by atoms with E-state index in [0.29, 0.717) is 23.0 Å². The number of allylic oxidation sites excluding steroid dienone is 2. The molecule has 2 aliphatic carbocycles. The van der Waals surface area contributed by atoms with Crippen molar-refractivity contribution in [2.45, 2.75) is 58.2 Å². The molecule has 0 amide bonds. The first kappa shape index (κ1) is 23.4. The van der Waals surface area contributed by atoms with E-state index < -0.39 is 6.36 Å². The summed E-state index contributed by atoms with van der Waals surface area (Å²) in [6.07, 6.45) is 7.77. The number of alkyl halides is 3. The molecule has 1 atom stereocenters. The lowest BCUT2D eigenvalue weighted by Gasteiger charge is -2.36. The third-order valence-electron chi connectivity index (χ3n) is 6.93. The normalized spacial score (nSPS) is 23.0. The lowest BCUT2D eigenvalue weighted by molar-refractivity contribution is -0.274. The number of fused-ring (bicyclic) bond motifs is 1. The number of aryl methyl sites for hydroxylation is 1. The Morgan fingerprint density at radius 2 is 1.64 bits per heavy atom. The zero-order chi connectivity index (χ0) is 23.4. The third kappa shape index (κ3) is 6.19. The summed E-state index contributed by atoms with van der Waals surface area (Å²) in [4.78, 5) is 0. The summed E-state index contributed by atoms with van der Waals surface area (Å²) in [5.41, 5.74) is 3.08. The Bertz CT molecular complexity index is 1050. The average Bonchev–Trinajstić information content (AvgIpc) is 2.78. The van der Waals surface area contributed by atoms with Crippen molar-refractivity contribution in [1.82, 2.24) is 0 Å². The minimum atomic E-state index is -4.73. The van der Waals surface area contributed by atoms with Gasteiger partial charge < -0.3 is 4.74 Å². The molecule has 5 heteroatoms. The van der Waals surface area contributed by atoms with Gasteiger partial charge in [-0.05, 0) is 117 Å². The summed E-state index contributed by atoms with van der Waals surface area (Å²) in [5, 5.41) is 0. The van der Waals surface area contributed by atoms with Crippen molar-refractivity contribution in [2.75, 3.05) is 0 Å². The van der Waals surface area contributed by atoms with Gasteiger partial charge in [0.2, 0.25) is 0 Å². The van der Waals surface area contributed by atoms with E-state index in [0.717, 1.165) is 36.3 Å². The Labute approximate surface area is 192 Å². The van der Waals surface area contributed by atoms with E-state index in [1.807, 2.05) is 6.07 Å². The number of hydrogen-bond acceptors (Lipinski definition) is 1. The Kier molecular flexibility index (Phi) is 7.12. The third-order valence-corrected chi connectivity index (χ3v) is 6.93. The van der Waals surface area contributed by atoms with Crippen LogP contribution in [0.15, 0.2) is 48.6 Å². The van der Waals surface area contributed by atoms with Crippen LogP contribution in [-0.2, 0) is 12.8 Å². The van der Waals surface area contributed by atoms with Crippen LogP contribution >= 0.6 is 0 Å². The maximum absolute atomic E-state index is 14.8. The monoisotopic (exact) mass is 456 g/mol.